The van der Waals surface area contributed by atoms with Crippen LogP contribution in [-0.4, -0.2) is 0 Å². The number of hydrogen-bond acceptors (Lipinski definition) is 0. The molecule has 0 aliphatic carbocycles. The molecule has 2 aromatic carbocycles. The van der Waals surface area contributed by atoms with Crippen LogP contribution in [0.1, 0.15) is 27.6 Å². The molecule has 2 aromatic rings. The van der Waals surface area contributed by atoms with Gasteiger partial charge in [-0.2, -0.15) is 0 Å². The number of alkyl halides is 1. The van der Waals surface area contributed by atoms with Gasteiger partial charge in [0.15, 0.2) is 0 Å². The Morgan fingerprint density at radius 3 is 2.06 bits per heavy atom. The molecule has 17 heavy (non-hydrogen) atoms. The average molecular weight is 249 g/mol. The maximum atomic E-state index is 12.8. The third-order valence-electron chi connectivity index (χ3n) is 2.99. The van der Waals surface area contributed by atoms with E-state index < -0.39 is 0 Å². The lowest BCUT2D eigenvalue weighted by molar-refractivity contribution is 0.627. The highest BCUT2D eigenvalue weighted by atomic mass is 35.5. The molecule has 0 fully saturated rings. The molecule has 1 atom stereocenters. The molecule has 0 spiro atoms. The van der Waals surface area contributed by atoms with Gasteiger partial charge < -0.3 is 0 Å². The Morgan fingerprint density at radius 2 is 1.47 bits per heavy atom. The Balaban J connectivity index is 2.33. The van der Waals surface area contributed by atoms with Gasteiger partial charge in [0.05, 0.1) is 5.38 Å². The molecule has 0 amide bonds. The molecular formula is C15H14ClF. The first-order valence-corrected chi connectivity index (χ1v) is 5.98. The van der Waals surface area contributed by atoms with Crippen LogP contribution < -0.4 is 0 Å². The zero-order valence-electron chi connectivity index (χ0n) is 9.87. The van der Waals surface area contributed by atoms with Crippen LogP contribution in [0.5, 0.6) is 0 Å². The zero-order valence-corrected chi connectivity index (χ0v) is 10.6. The molecule has 0 saturated heterocycles. The average Bonchev–Trinajstić information content (AvgIpc) is 2.33. The molecule has 0 nitrogen and oxygen atoms in total. The molecule has 0 aromatic heterocycles. The molecule has 0 aliphatic rings. The van der Waals surface area contributed by atoms with E-state index in [0.29, 0.717) is 0 Å². The van der Waals surface area contributed by atoms with Crippen LogP contribution in [0.25, 0.3) is 0 Å². The lowest BCUT2D eigenvalue weighted by atomic mass is 10.00. The second kappa shape index (κ2) is 4.89. The highest BCUT2D eigenvalue weighted by Crippen LogP contribution is 2.29. The van der Waals surface area contributed by atoms with Crippen molar-refractivity contribution in [3.63, 3.8) is 0 Å². The molecule has 2 rings (SSSR count). The second-order valence-electron chi connectivity index (χ2n) is 4.26. The smallest absolute Gasteiger partial charge is 0.123 e. The van der Waals surface area contributed by atoms with Crippen molar-refractivity contribution in [3.05, 3.63) is 70.5 Å². The van der Waals surface area contributed by atoms with E-state index in [1.165, 1.54) is 23.3 Å². The van der Waals surface area contributed by atoms with E-state index in [-0.39, 0.29) is 11.2 Å². The Morgan fingerprint density at radius 1 is 0.882 bits per heavy atom. The Kier molecular flexibility index (Phi) is 3.49. The van der Waals surface area contributed by atoms with E-state index in [0.717, 1.165) is 11.1 Å². The topological polar surface area (TPSA) is 0 Å². The Hall–Kier alpha value is -1.34. The highest BCUT2D eigenvalue weighted by Gasteiger charge is 2.11. The van der Waals surface area contributed by atoms with Crippen LogP contribution in [-0.2, 0) is 0 Å². The van der Waals surface area contributed by atoms with Gasteiger partial charge in [0.1, 0.15) is 5.82 Å². The minimum absolute atomic E-state index is 0.227. The normalized spacial score (nSPS) is 12.5. The summed E-state index contributed by atoms with van der Waals surface area (Å²) in [6.45, 7) is 4.13. The molecule has 0 N–H and O–H groups in total. The fourth-order valence-corrected chi connectivity index (χ4v) is 2.03. The van der Waals surface area contributed by atoms with Crippen molar-refractivity contribution in [3.8, 4) is 0 Å². The summed E-state index contributed by atoms with van der Waals surface area (Å²) in [5, 5.41) is -0.227. The number of halogens is 2. The van der Waals surface area contributed by atoms with E-state index in [4.69, 9.17) is 11.6 Å². The number of hydrogen-bond donors (Lipinski definition) is 0. The van der Waals surface area contributed by atoms with E-state index in [9.17, 15) is 4.39 Å². The molecule has 0 radical (unpaired) electrons. The van der Waals surface area contributed by atoms with Crippen molar-refractivity contribution >= 4 is 11.6 Å². The van der Waals surface area contributed by atoms with Gasteiger partial charge in [-0.1, -0.05) is 30.3 Å². The zero-order chi connectivity index (χ0) is 12.4. The number of aryl methyl sites for hydroxylation is 2. The van der Waals surface area contributed by atoms with Crippen LogP contribution in [0.3, 0.4) is 0 Å². The largest absolute Gasteiger partial charge is 0.207 e. The third-order valence-corrected chi connectivity index (χ3v) is 3.49. The molecule has 0 aliphatic heterocycles. The van der Waals surface area contributed by atoms with Gasteiger partial charge in [-0.05, 0) is 48.2 Å². The SMILES string of the molecule is Cc1ccc(C(Cl)c2ccc(F)cc2)cc1C. The van der Waals surface area contributed by atoms with Crippen molar-refractivity contribution in [2.75, 3.05) is 0 Å². The van der Waals surface area contributed by atoms with Crippen molar-refractivity contribution in [2.45, 2.75) is 19.2 Å². The van der Waals surface area contributed by atoms with Crippen LogP contribution in [0.15, 0.2) is 42.5 Å². The van der Waals surface area contributed by atoms with Gasteiger partial charge in [-0.3, -0.25) is 0 Å². The summed E-state index contributed by atoms with van der Waals surface area (Å²) in [5.74, 6) is -0.238. The lowest BCUT2D eigenvalue weighted by Gasteiger charge is -2.12. The third kappa shape index (κ3) is 2.67. The molecule has 88 valence electrons. The van der Waals surface area contributed by atoms with Gasteiger partial charge >= 0.3 is 0 Å². The van der Waals surface area contributed by atoms with Crippen molar-refractivity contribution in [1.82, 2.24) is 0 Å². The first-order valence-electron chi connectivity index (χ1n) is 5.54. The highest BCUT2D eigenvalue weighted by molar-refractivity contribution is 6.22. The van der Waals surface area contributed by atoms with Crippen molar-refractivity contribution < 1.29 is 4.39 Å². The molecule has 2 heteroatoms. The van der Waals surface area contributed by atoms with Gasteiger partial charge in [0.2, 0.25) is 0 Å². The monoisotopic (exact) mass is 248 g/mol. The van der Waals surface area contributed by atoms with E-state index in [1.807, 2.05) is 6.07 Å². The van der Waals surface area contributed by atoms with Crippen molar-refractivity contribution in [2.24, 2.45) is 0 Å². The van der Waals surface area contributed by atoms with E-state index in [1.54, 1.807) is 12.1 Å². The predicted molar refractivity (Wildman–Crippen MR) is 70.0 cm³/mol. The van der Waals surface area contributed by atoms with Crippen LogP contribution in [0.2, 0.25) is 0 Å². The number of benzene rings is 2. The summed E-state index contributed by atoms with van der Waals surface area (Å²) in [4.78, 5) is 0. The summed E-state index contributed by atoms with van der Waals surface area (Å²) in [6, 6.07) is 12.5. The molecule has 1 unspecified atom stereocenters. The number of rotatable bonds is 2. The standard InChI is InChI=1S/C15H14ClF/c1-10-3-4-13(9-11(10)2)15(16)12-5-7-14(17)8-6-12/h3-9,15H,1-2H3. The minimum atomic E-state index is -0.238. The molecule has 0 heterocycles. The van der Waals surface area contributed by atoms with Crippen LogP contribution in [0, 0.1) is 19.7 Å². The minimum Gasteiger partial charge on any atom is -0.207 e. The van der Waals surface area contributed by atoms with Crippen LogP contribution in [0.4, 0.5) is 4.39 Å². The Labute approximate surface area is 106 Å². The van der Waals surface area contributed by atoms with Gasteiger partial charge in [-0.25, -0.2) is 4.39 Å². The first kappa shape index (κ1) is 12.1. The summed E-state index contributed by atoms with van der Waals surface area (Å²) in [5.41, 5.74) is 4.42. The summed E-state index contributed by atoms with van der Waals surface area (Å²) < 4.78 is 12.8. The molecule has 0 saturated carbocycles. The predicted octanol–water partition coefficient (Wildman–Crippen LogP) is 4.77. The first-order chi connectivity index (χ1) is 8.08. The molecule has 0 bridgehead atoms. The summed E-state index contributed by atoms with van der Waals surface area (Å²) in [7, 11) is 0. The quantitative estimate of drug-likeness (QED) is 0.672. The van der Waals surface area contributed by atoms with Crippen molar-refractivity contribution in [1.29, 1.82) is 0 Å². The van der Waals surface area contributed by atoms with Crippen LogP contribution >= 0.6 is 11.6 Å². The fraction of sp³-hybridized carbons (Fsp3) is 0.200. The maximum absolute atomic E-state index is 12.8. The summed E-state index contributed by atoms with van der Waals surface area (Å²) >= 11 is 6.39. The maximum Gasteiger partial charge on any atom is 0.123 e. The van der Waals surface area contributed by atoms with E-state index >= 15 is 0 Å². The van der Waals surface area contributed by atoms with E-state index in [2.05, 4.69) is 26.0 Å². The lowest BCUT2D eigenvalue weighted by Crippen LogP contribution is -1.95. The Bertz CT molecular complexity index is 517. The fourth-order valence-electron chi connectivity index (χ4n) is 1.75. The molecular weight excluding hydrogens is 235 g/mol. The van der Waals surface area contributed by atoms with Gasteiger partial charge in [0, 0.05) is 0 Å². The van der Waals surface area contributed by atoms with Gasteiger partial charge in [0.25, 0.3) is 0 Å². The second-order valence-corrected chi connectivity index (χ2v) is 4.69. The summed E-state index contributed by atoms with van der Waals surface area (Å²) in [6.07, 6.45) is 0. The van der Waals surface area contributed by atoms with Gasteiger partial charge in [-0.15, -0.1) is 11.6 Å².